The average molecular weight is 274 g/mol. The minimum atomic E-state index is -0.893. The summed E-state index contributed by atoms with van der Waals surface area (Å²) in [5.41, 5.74) is 2.13. The molecule has 0 aliphatic carbocycles. The van der Waals surface area contributed by atoms with Crippen molar-refractivity contribution in [2.75, 3.05) is 0 Å². The molecular formula is C16H22N2O2. The van der Waals surface area contributed by atoms with E-state index in [1.807, 2.05) is 6.07 Å². The summed E-state index contributed by atoms with van der Waals surface area (Å²) in [5, 5.41) is 9.17. The van der Waals surface area contributed by atoms with Crippen LogP contribution in [0.5, 0.6) is 0 Å². The number of carboxylic acid groups (broad SMARTS) is 1. The first-order chi connectivity index (χ1) is 9.49. The van der Waals surface area contributed by atoms with E-state index in [-0.39, 0.29) is 0 Å². The Morgan fingerprint density at radius 1 is 1.35 bits per heavy atom. The summed E-state index contributed by atoms with van der Waals surface area (Å²) >= 11 is 0. The molecule has 0 saturated carbocycles. The molecule has 2 rings (SSSR count). The molecule has 4 nitrogen and oxygen atoms in total. The number of benzene rings is 1. The van der Waals surface area contributed by atoms with Crippen LogP contribution in [0.3, 0.4) is 0 Å². The van der Waals surface area contributed by atoms with Gasteiger partial charge in [0.1, 0.15) is 5.82 Å². The number of nitrogens with zero attached hydrogens (tertiary/aromatic N) is 2. The summed E-state index contributed by atoms with van der Waals surface area (Å²) in [7, 11) is 0. The first-order valence-electron chi connectivity index (χ1n) is 7.23. The first-order valence-corrected chi connectivity index (χ1v) is 7.23. The Bertz CT molecular complexity index is 629. The number of aryl methyl sites for hydroxylation is 1. The highest BCUT2D eigenvalue weighted by Crippen LogP contribution is 2.29. The number of rotatable bonds is 5. The minimum absolute atomic E-state index is 0.319. The molecule has 20 heavy (non-hydrogen) atoms. The second kappa shape index (κ2) is 5.65. The number of fused-ring (bicyclic) bond motifs is 1. The van der Waals surface area contributed by atoms with Gasteiger partial charge < -0.3 is 9.67 Å². The lowest BCUT2D eigenvalue weighted by Crippen LogP contribution is -2.17. The number of aromatic nitrogens is 2. The molecule has 1 N–H and O–H groups in total. The fourth-order valence-corrected chi connectivity index (χ4v) is 2.85. The zero-order valence-corrected chi connectivity index (χ0v) is 12.6. The van der Waals surface area contributed by atoms with Gasteiger partial charge in [0.2, 0.25) is 0 Å². The van der Waals surface area contributed by atoms with Crippen molar-refractivity contribution in [2.24, 2.45) is 5.92 Å². The van der Waals surface area contributed by atoms with Crippen LogP contribution in [0.15, 0.2) is 18.2 Å². The van der Waals surface area contributed by atoms with Crippen LogP contribution in [0.2, 0.25) is 0 Å². The first kappa shape index (κ1) is 14.6. The number of aromatic carboxylic acids is 1. The molecule has 0 radical (unpaired) electrons. The van der Waals surface area contributed by atoms with Gasteiger partial charge in [-0.25, -0.2) is 9.78 Å². The zero-order valence-electron chi connectivity index (χ0n) is 12.6. The second-order valence-corrected chi connectivity index (χ2v) is 5.48. The summed E-state index contributed by atoms with van der Waals surface area (Å²) in [5.74, 6) is 0.620. The van der Waals surface area contributed by atoms with Crippen molar-refractivity contribution in [3.8, 4) is 0 Å². The lowest BCUT2D eigenvalue weighted by atomic mass is 10.0. The predicted octanol–water partition coefficient (Wildman–Crippen LogP) is 3.90. The molecule has 1 aromatic carbocycles. The summed E-state index contributed by atoms with van der Waals surface area (Å²) in [4.78, 5) is 15.8. The van der Waals surface area contributed by atoms with Gasteiger partial charge in [-0.2, -0.15) is 0 Å². The molecule has 1 unspecified atom stereocenters. The van der Waals surface area contributed by atoms with Gasteiger partial charge in [-0.05, 0) is 30.5 Å². The van der Waals surface area contributed by atoms with Gasteiger partial charge in [0.25, 0.3) is 0 Å². The van der Waals surface area contributed by atoms with Crippen molar-refractivity contribution in [3.05, 3.63) is 29.6 Å². The van der Waals surface area contributed by atoms with Crippen molar-refractivity contribution in [1.82, 2.24) is 9.55 Å². The van der Waals surface area contributed by atoms with Gasteiger partial charge in [-0.1, -0.05) is 27.7 Å². The third-order valence-electron chi connectivity index (χ3n) is 3.85. The fraction of sp³-hybridized carbons (Fsp3) is 0.500. The van der Waals surface area contributed by atoms with Crippen LogP contribution in [0, 0.1) is 5.92 Å². The monoisotopic (exact) mass is 274 g/mol. The standard InChI is InChI=1S/C16H22N2O2/c1-5-13(10(3)4)18-14-9-11(16(19)20)7-8-12(14)17-15(18)6-2/h7-10,13H,5-6H2,1-4H3,(H,19,20). The second-order valence-electron chi connectivity index (χ2n) is 5.48. The Labute approximate surface area is 119 Å². The lowest BCUT2D eigenvalue weighted by Gasteiger charge is -2.24. The lowest BCUT2D eigenvalue weighted by molar-refractivity contribution is 0.0697. The molecule has 0 spiro atoms. The number of carboxylic acids is 1. The van der Waals surface area contributed by atoms with Crippen LogP contribution in [-0.4, -0.2) is 20.6 Å². The Kier molecular flexibility index (Phi) is 4.12. The Morgan fingerprint density at radius 2 is 2.05 bits per heavy atom. The van der Waals surface area contributed by atoms with Gasteiger partial charge >= 0.3 is 5.97 Å². The molecule has 1 aromatic heterocycles. The molecule has 1 heterocycles. The van der Waals surface area contributed by atoms with E-state index in [1.165, 1.54) is 0 Å². The summed E-state index contributed by atoms with van der Waals surface area (Å²) in [6, 6.07) is 5.52. The number of imidazole rings is 1. The third-order valence-corrected chi connectivity index (χ3v) is 3.85. The van der Waals surface area contributed by atoms with Crippen LogP contribution in [0.25, 0.3) is 11.0 Å². The molecule has 4 heteroatoms. The van der Waals surface area contributed by atoms with E-state index < -0.39 is 5.97 Å². The van der Waals surface area contributed by atoms with Gasteiger partial charge in [0.15, 0.2) is 0 Å². The maximum absolute atomic E-state index is 11.2. The summed E-state index contributed by atoms with van der Waals surface area (Å²) in [6.07, 6.45) is 1.85. The van der Waals surface area contributed by atoms with Gasteiger partial charge in [-0.15, -0.1) is 0 Å². The minimum Gasteiger partial charge on any atom is -0.478 e. The van der Waals surface area contributed by atoms with Gasteiger partial charge in [0.05, 0.1) is 16.6 Å². The molecule has 0 bridgehead atoms. The SMILES string of the molecule is CCc1nc2ccc(C(=O)O)cc2n1C(CC)C(C)C. The van der Waals surface area contributed by atoms with E-state index in [9.17, 15) is 9.90 Å². The molecule has 0 saturated heterocycles. The van der Waals surface area contributed by atoms with Crippen molar-refractivity contribution in [3.63, 3.8) is 0 Å². The topological polar surface area (TPSA) is 55.1 Å². The highest BCUT2D eigenvalue weighted by Gasteiger charge is 2.20. The Morgan fingerprint density at radius 3 is 2.55 bits per heavy atom. The summed E-state index contributed by atoms with van der Waals surface area (Å²) in [6.45, 7) is 8.64. The highest BCUT2D eigenvalue weighted by atomic mass is 16.4. The van der Waals surface area contributed by atoms with Gasteiger partial charge in [-0.3, -0.25) is 0 Å². The summed E-state index contributed by atoms with van der Waals surface area (Å²) < 4.78 is 2.23. The highest BCUT2D eigenvalue weighted by molar-refractivity contribution is 5.92. The van der Waals surface area contributed by atoms with Gasteiger partial charge in [0, 0.05) is 12.5 Å². The molecule has 0 aliphatic rings. The van der Waals surface area contributed by atoms with Crippen LogP contribution in [0.1, 0.15) is 56.3 Å². The quantitative estimate of drug-likeness (QED) is 0.899. The number of hydrogen-bond acceptors (Lipinski definition) is 2. The zero-order chi connectivity index (χ0) is 14.9. The Balaban J connectivity index is 2.71. The largest absolute Gasteiger partial charge is 0.478 e. The molecule has 0 aliphatic heterocycles. The molecule has 0 amide bonds. The Hall–Kier alpha value is -1.84. The molecule has 0 fully saturated rings. The molecule has 2 aromatic rings. The van der Waals surface area contributed by atoms with E-state index in [2.05, 4.69) is 37.2 Å². The number of carbonyl (C=O) groups is 1. The normalized spacial score (nSPS) is 13.1. The van der Waals surface area contributed by atoms with Crippen LogP contribution >= 0.6 is 0 Å². The van der Waals surface area contributed by atoms with E-state index >= 15 is 0 Å². The fourth-order valence-electron chi connectivity index (χ4n) is 2.85. The smallest absolute Gasteiger partial charge is 0.335 e. The van der Waals surface area contributed by atoms with E-state index in [4.69, 9.17) is 0 Å². The maximum atomic E-state index is 11.2. The van der Waals surface area contributed by atoms with E-state index in [1.54, 1.807) is 12.1 Å². The molecule has 108 valence electrons. The number of hydrogen-bond donors (Lipinski definition) is 1. The molecule has 1 atom stereocenters. The van der Waals surface area contributed by atoms with Crippen molar-refractivity contribution in [1.29, 1.82) is 0 Å². The van der Waals surface area contributed by atoms with Crippen molar-refractivity contribution in [2.45, 2.75) is 46.6 Å². The van der Waals surface area contributed by atoms with Crippen molar-refractivity contribution < 1.29 is 9.90 Å². The molecular weight excluding hydrogens is 252 g/mol. The van der Waals surface area contributed by atoms with Crippen LogP contribution in [-0.2, 0) is 6.42 Å². The maximum Gasteiger partial charge on any atom is 0.335 e. The van der Waals surface area contributed by atoms with E-state index in [0.29, 0.717) is 17.5 Å². The van der Waals surface area contributed by atoms with E-state index in [0.717, 1.165) is 29.7 Å². The predicted molar refractivity (Wildman–Crippen MR) is 80.2 cm³/mol. The van der Waals surface area contributed by atoms with Crippen molar-refractivity contribution >= 4 is 17.0 Å². The third kappa shape index (κ3) is 2.42. The average Bonchev–Trinajstić information content (AvgIpc) is 2.77. The van der Waals surface area contributed by atoms with Crippen LogP contribution < -0.4 is 0 Å². The van der Waals surface area contributed by atoms with Crippen LogP contribution in [0.4, 0.5) is 0 Å².